The summed E-state index contributed by atoms with van der Waals surface area (Å²) >= 11 is 0. The van der Waals surface area contributed by atoms with Crippen molar-refractivity contribution in [2.45, 2.75) is 13.0 Å². The lowest BCUT2D eigenvalue weighted by Gasteiger charge is -2.27. The number of aromatic nitrogens is 2. The number of nitrogens with zero attached hydrogens (tertiary/aromatic N) is 3. The fourth-order valence-electron chi connectivity index (χ4n) is 2.42. The van der Waals surface area contributed by atoms with Crippen LogP contribution in [0.15, 0.2) is 18.3 Å². The molecular weight excluding hydrogens is 224 g/mol. The molecule has 90 valence electrons. The smallest absolute Gasteiger partial charge is 0.161 e. The molecule has 0 aromatic carbocycles. The Morgan fingerprint density at radius 3 is 3.22 bits per heavy atom. The summed E-state index contributed by atoms with van der Waals surface area (Å²) < 4.78 is 0. The van der Waals surface area contributed by atoms with Crippen molar-refractivity contribution in [1.29, 1.82) is 0 Å². The van der Waals surface area contributed by atoms with Crippen molar-refractivity contribution in [2.75, 3.05) is 18.8 Å². The Balaban J connectivity index is 2.12. The molecule has 0 aliphatic carbocycles. The van der Waals surface area contributed by atoms with E-state index in [0.717, 1.165) is 47.5 Å². The number of terminal acetylenes is 1. The van der Waals surface area contributed by atoms with Gasteiger partial charge in [-0.05, 0) is 12.1 Å². The van der Waals surface area contributed by atoms with Gasteiger partial charge in [0.25, 0.3) is 0 Å². The highest BCUT2D eigenvalue weighted by Gasteiger charge is 2.20. The molecule has 0 bridgehead atoms. The summed E-state index contributed by atoms with van der Waals surface area (Å²) in [6, 6.07) is 3.85. The van der Waals surface area contributed by atoms with Crippen molar-refractivity contribution >= 4 is 16.7 Å². The first-order valence-corrected chi connectivity index (χ1v) is 5.97. The van der Waals surface area contributed by atoms with E-state index in [2.05, 4.69) is 20.8 Å². The lowest BCUT2D eigenvalue weighted by atomic mass is 10.0. The maximum atomic E-state index is 6.24. The van der Waals surface area contributed by atoms with Crippen LogP contribution in [0.25, 0.3) is 11.0 Å². The number of pyridine rings is 2. The van der Waals surface area contributed by atoms with Crippen LogP contribution in [-0.4, -0.2) is 28.0 Å². The fourth-order valence-corrected chi connectivity index (χ4v) is 2.42. The van der Waals surface area contributed by atoms with Gasteiger partial charge in [0, 0.05) is 42.3 Å². The third-order valence-corrected chi connectivity index (χ3v) is 3.35. The van der Waals surface area contributed by atoms with Gasteiger partial charge < -0.3 is 5.73 Å². The molecule has 18 heavy (non-hydrogen) atoms. The van der Waals surface area contributed by atoms with Gasteiger partial charge in [0.15, 0.2) is 5.65 Å². The van der Waals surface area contributed by atoms with Crippen molar-refractivity contribution < 1.29 is 0 Å². The van der Waals surface area contributed by atoms with E-state index in [1.807, 2.05) is 12.1 Å². The molecule has 3 heterocycles. The number of hydrogen-bond donors (Lipinski definition) is 1. The van der Waals surface area contributed by atoms with Gasteiger partial charge in [0.05, 0.1) is 12.2 Å². The normalized spacial score (nSPS) is 15.3. The first-order chi connectivity index (χ1) is 8.79. The zero-order valence-electron chi connectivity index (χ0n) is 10.1. The molecule has 0 spiro atoms. The molecule has 2 aromatic heterocycles. The van der Waals surface area contributed by atoms with E-state index < -0.39 is 0 Å². The summed E-state index contributed by atoms with van der Waals surface area (Å²) in [6.45, 7) is 2.37. The van der Waals surface area contributed by atoms with E-state index in [4.69, 9.17) is 12.2 Å². The zero-order chi connectivity index (χ0) is 12.5. The monoisotopic (exact) mass is 238 g/mol. The molecule has 2 aromatic rings. The summed E-state index contributed by atoms with van der Waals surface area (Å²) in [5.41, 5.74) is 9.94. The van der Waals surface area contributed by atoms with E-state index in [-0.39, 0.29) is 0 Å². The number of nitrogens with two attached hydrogens (primary N) is 1. The van der Waals surface area contributed by atoms with Crippen LogP contribution in [0.5, 0.6) is 0 Å². The number of anilines is 1. The summed E-state index contributed by atoms with van der Waals surface area (Å²) in [6.07, 6.45) is 7.99. The van der Waals surface area contributed by atoms with Crippen LogP contribution in [-0.2, 0) is 13.0 Å². The highest BCUT2D eigenvalue weighted by molar-refractivity contribution is 5.89. The topological polar surface area (TPSA) is 55.0 Å². The summed E-state index contributed by atoms with van der Waals surface area (Å²) in [5.74, 6) is 2.68. The minimum Gasteiger partial charge on any atom is -0.398 e. The molecule has 1 aliphatic rings. The maximum Gasteiger partial charge on any atom is 0.161 e. The van der Waals surface area contributed by atoms with Gasteiger partial charge in [0.1, 0.15) is 0 Å². The van der Waals surface area contributed by atoms with Crippen molar-refractivity contribution in [2.24, 2.45) is 0 Å². The van der Waals surface area contributed by atoms with Crippen LogP contribution in [0.1, 0.15) is 11.3 Å². The Kier molecular flexibility index (Phi) is 2.62. The summed E-state index contributed by atoms with van der Waals surface area (Å²) in [5, 5.41) is 0.929. The largest absolute Gasteiger partial charge is 0.398 e. The first-order valence-electron chi connectivity index (χ1n) is 5.97. The van der Waals surface area contributed by atoms with Crippen molar-refractivity contribution in [3.8, 4) is 12.3 Å². The third-order valence-electron chi connectivity index (χ3n) is 3.35. The fraction of sp³-hybridized carbons (Fsp3) is 0.286. The number of hydrogen-bond acceptors (Lipinski definition) is 4. The molecular formula is C14H14N4. The van der Waals surface area contributed by atoms with E-state index >= 15 is 0 Å². The van der Waals surface area contributed by atoms with Crippen molar-refractivity contribution in [1.82, 2.24) is 14.9 Å². The molecule has 0 saturated heterocycles. The minimum atomic E-state index is 0.657. The Bertz CT molecular complexity index is 642. The van der Waals surface area contributed by atoms with E-state index in [9.17, 15) is 0 Å². The highest BCUT2D eigenvalue weighted by atomic mass is 15.1. The lowest BCUT2D eigenvalue weighted by molar-refractivity contribution is 0.285. The van der Waals surface area contributed by atoms with Crippen LogP contribution >= 0.6 is 0 Å². The summed E-state index contributed by atoms with van der Waals surface area (Å²) in [4.78, 5) is 11.1. The predicted molar refractivity (Wildman–Crippen MR) is 71.8 cm³/mol. The Morgan fingerprint density at radius 1 is 1.50 bits per heavy atom. The molecule has 0 amide bonds. The van der Waals surface area contributed by atoms with Gasteiger partial charge >= 0.3 is 0 Å². The lowest BCUT2D eigenvalue weighted by Crippen LogP contribution is -2.32. The second kappa shape index (κ2) is 4.28. The third kappa shape index (κ3) is 1.69. The molecule has 0 radical (unpaired) electrons. The van der Waals surface area contributed by atoms with Gasteiger partial charge in [-0.2, -0.15) is 0 Å². The van der Waals surface area contributed by atoms with Crippen LogP contribution < -0.4 is 5.73 Å². The second-order valence-electron chi connectivity index (χ2n) is 4.49. The summed E-state index contributed by atoms with van der Waals surface area (Å²) in [7, 11) is 0. The quantitative estimate of drug-likeness (QED) is 0.759. The van der Waals surface area contributed by atoms with Crippen LogP contribution in [0.3, 0.4) is 0 Å². The predicted octanol–water partition coefficient (Wildman–Crippen LogP) is 1.20. The molecule has 0 atom stereocenters. The first kappa shape index (κ1) is 11.0. The molecule has 4 heteroatoms. The number of rotatable bonds is 1. The van der Waals surface area contributed by atoms with Gasteiger partial charge in [-0.25, -0.2) is 9.97 Å². The zero-order valence-corrected chi connectivity index (χ0v) is 10.1. The SMILES string of the molecule is C#CCN1CCc2nc3ncccc3c(N)c2C1. The molecule has 0 fully saturated rings. The Labute approximate surface area is 106 Å². The second-order valence-corrected chi connectivity index (χ2v) is 4.49. The molecule has 0 unspecified atom stereocenters. The van der Waals surface area contributed by atoms with Crippen LogP contribution in [0, 0.1) is 12.3 Å². The average Bonchev–Trinajstić information content (AvgIpc) is 2.40. The molecule has 4 nitrogen and oxygen atoms in total. The van der Waals surface area contributed by atoms with E-state index in [0.29, 0.717) is 6.54 Å². The van der Waals surface area contributed by atoms with Gasteiger partial charge in [-0.3, -0.25) is 4.90 Å². The molecule has 2 N–H and O–H groups in total. The number of fused-ring (bicyclic) bond motifs is 2. The van der Waals surface area contributed by atoms with Crippen molar-refractivity contribution in [3.63, 3.8) is 0 Å². The van der Waals surface area contributed by atoms with Gasteiger partial charge in [-0.15, -0.1) is 6.42 Å². The Morgan fingerprint density at radius 2 is 2.39 bits per heavy atom. The Hall–Kier alpha value is -2.12. The standard InChI is InChI=1S/C14H14N4/c1-2-7-18-8-5-12-11(9-18)13(15)10-4-3-6-16-14(10)17-12/h1,3-4,6H,5,7-9H2,(H2,15,16,17). The van der Waals surface area contributed by atoms with Crippen molar-refractivity contribution in [3.05, 3.63) is 29.6 Å². The van der Waals surface area contributed by atoms with E-state index in [1.54, 1.807) is 6.20 Å². The van der Waals surface area contributed by atoms with Crippen LogP contribution in [0.2, 0.25) is 0 Å². The average molecular weight is 238 g/mol. The highest BCUT2D eigenvalue weighted by Crippen LogP contribution is 2.28. The van der Waals surface area contributed by atoms with Gasteiger partial charge in [-0.1, -0.05) is 5.92 Å². The molecule has 1 aliphatic heterocycles. The minimum absolute atomic E-state index is 0.657. The number of nitrogen functional groups attached to an aromatic ring is 1. The molecule has 0 saturated carbocycles. The molecule has 3 rings (SSSR count). The maximum absolute atomic E-state index is 6.24. The van der Waals surface area contributed by atoms with E-state index in [1.165, 1.54) is 0 Å². The van der Waals surface area contributed by atoms with Crippen LogP contribution in [0.4, 0.5) is 5.69 Å². The van der Waals surface area contributed by atoms with Gasteiger partial charge in [0.2, 0.25) is 0 Å².